The molecule has 0 radical (unpaired) electrons. The number of carbonyl (C=O) groups is 1. The first-order valence-corrected chi connectivity index (χ1v) is 9.14. The number of nitrogens with zero attached hydrogens (tertiary/aromatic N) is 3. The lowest BCUT2D eigenvalue weighted by molar-refractivity contribution is 0.0654. The van der Waals surface area contributed by atoms with Crippen LogP contribution in [0.5, 0.6) is 0 Å². The minimum atomic E-state index is 0.0133. The molecule has 4 rings (SSSR count). The Balaban J connectivity index is 1.54. The Bertz CT molecular complexity index is 682. The van der Waals surface area contributed by atoms with E-state index in [1.54, 1.807) is 17.4 Å². The molecule has 0 saturated carbocycles. The third kappa shape index (κ3) is 2.70. The van der Waals surface area contributed by atoms with Crippen molar-refractivity contribution in [3.63, 3.8) is 0 Å². The number of likely N-dealkylation sites (tertiary alicyclic amines) is 2. The van der Waals surface area contributed by atoms with Crippen molar-refractivity contribution in [3.05, 3.63) is 29.3 Å². The van der Waals surface area contributed by atoms with Crippen LogP contribution in [0.25, 0.3) is 10.6 Å². The van der Waals surface area contributed by atoms with Gasteiger partial charge in [-0.1, -0.05) is 11.2 Å². The first-order chi connectivity index (χ1) is 11.2. The van der Waals surface area contributed by atoms with Crippen molar-refractivity contribution in [2.45, 2.75) is 37.8 Å². The molecule has 2 atom stereocenters. The van der Waals surface area contributed by atoms with Crippen LogP contribution in [0.4, 0.5) is 0 Å². The van der Waals surface area contributed by atoms with Gasteiger partial charge in [0.25, 0.3) is 5.91 Å². The Morgan fingerprint density at radius 1 is 1.30 bits per heavy atom. The second kappa shape index (κ2) is 6.09. The van der Waals surface area contributed by atoms with Crippen LogP contribution < -0.4 is 0 Å². The predicted molar refractivity (Wildman–Crippen MR) is 89.5 cm³/mol. The van der Waals surface area contributed by atoms with Gasteiger partial charge >= 0.3 is 0 Å². The molecule has 23 heavy (non-hydrogen) atoms. The highest BCUT2D eigenvalue weighted by Crippen LogP contribution is 2.31. The maximum atomic E-state index is 12.9. The second-order valence-electron chi connectivity index (χ2n) is 6.45. The fraction of sp³-hybridized carbons (Fsp3) is 0.529. The van der Waals surface area contributed by atoms with Crippen molar-refractivity contribution in [1.82, 2.24) is 15.0 Å². The number of hydrogen-bond acceptors (Lipinski definition) is 5. The molecule has 0 aromatic carbocycles. The van der Waals surface area contributed by atoms with E-state index >= 15 is 0 Å². The van der Waals surface area contributed by atoms with Crippen LogP contribution in [0.15, 0.2) is 28.1 Å². The Morgan fingerprint density at radius 2 is 2.13 bits per heavy atom. The van der Waals surface area contributed by atoms with Gasteiger partial charge in [0.05, 0.1) is 4.88 Å². The molecule has 2 aliphatic rings. The van der Waals surface area contributed by atoms with Gasteiger partial charge in [0.15, 0.2) is 11.5 Å². The van der Waals surface area contributed by atoms with Crippen molar-refractivity contribution >= 4 is 17.2 Å². The standard InChI is InChI=1S/C17H21N3O2S/c1-19-8-2-5-13(19)14-6-3-9-20(14)17(21)12-11-15(22-18-12)16-7-4-10-23-16/h4,7,10-11,13-14H,2-3,5-6,8-9H2,1H3. The Kier molecular flexibility index (Phi) is 3.95. The van der Waals surface area contributed by atoms with Crippen LogP contribution in [-0.2, 0) is 0 Å². The zero-order valence-electron chi connectivity index (χ0n) is 13.3. The van der Waals surface area contributed by atoms with E-state index in [9.17, 15) is 4.79 Å². The summed E-state index contributed by atoms with van der Waals surface area (Å²) in [5.74, 6) is 0.691. The van der Waals surface area contributed by atoms with Crippen molar-refractivity contribution < 1.29 is 9.32 Å². The second-order valence-corrected chi connectivity index (χ2v) is 7.40. The Morgan fingerprint density at radius 3 is 2.87 bits per heavy atom. The van der Waals surface area contributed by atoms with Gasteiger partial charge in [-0.25, -0.2) is 0 Å². The van der Waals surface area contributed by atoms with E-state index in [-0.39, 0.29) is 5.91 Å². The molecule has 2 aliphatic heterocycles. The van der Waals surface area contributed by atoms with Gasteiger partial charge in [-0.3, -0.25) is 4.79 Å². The molecule has 1 amide bonds. The molecule has 6 heteroatoms. The SMILES string of the molecule is CN1CCCC1C1CCCN1C(=O)c1cc(-c2cccs2)on1. The Hall–Kier alpha value is -1.66. The first kappa shape index (κ1) is 14.9. The summed E-state index contributed by atoms with van der Waals surface area (Å²) < 4.78 is 5.37. The molecule has 2 fully saturated rings. The predicted octanol–water partition coefficient (Wildman–Crippen LogP) is 3.10. The zero-order valence-corrected chi connectivity index (χ0v) is 14.1. The summed E-state index contributed by atoms with van der Waals surface area (Å²) in [6.45, 7) is 1.96. The molecule has 122 valence electrons. The molecule has 0 spiro atoms. The van der Waals surface area contributed by atoms with Crippen molar-refractivity contribution in [1.29, 1.82) is 0 Å². The fourth-order valence-electron chi connectivity index (χ4n) is 3.92. The van der Waals surface area contributed by atoms with Gasteiger partial charge in [-0.05, 0) is 50.7 Å². The van der Waals surface area contributed by atoms with Crippen molar-refractivity contribution in [2.75, 3.05) is 20.1 Å². The van der Waals surface area contributed by atoms with Crippen LogP contribution in [0.1, 0.15) is 36.2 Å². The molecule has 4 heterocycles. The lowest BCUT2D eigenvalue weighted by atomic mass is 10.0. The van der Waals surface area contributed by atoms with Crippen LogP contribution in [0.3, 0.4) is 0 Å². The van der Waals surface area contributed by atoms with Gasteiger partial charge in [0, 0.05) is 24.7 Å². The number of rotatable bonds is 3. The highest BCUT2D eigenvalue weighted by atomic mass is 32.1. The van der Waals surface area contributed by atoms with E-state index in [1.807, 2.05) is 22.4 Å². The molecule has 0 bridgehead atoms. The monoisotopic (exact) mass is 331 g/mol. The minimum absolute atomic E-state index is 0.0133. The maximum Gasteiger partial charge on any atom is 0.276 e. The molecule has 2 saturated heterocycles. The quantitative estimate of drug-likeness (QED) is 0.867. The van der Waals surface area contributed by atoms with E-state index in [1.165, 1.54) is 12.8 Å². The van der Waals surface area contributed by atoms with Gasteiger partial charge in [0.2, 0.25) is 0 Å². The number of carbonyl (C=O) groups excluding carboxylic acids is 1. The molecule has 2 aromatic rings. The van der Waals surface area contributed by atoms with Gasteiger partial charge < -0.3 is 14.3 Å². The van der Waals surface area contributed by atoms with Gasteiger partial charge in [0.1, 0.15) is 0 Å². The summed E-state index contributed by atoms with van der Waals surface area (Å²) in [6, 6.07) is 6.53. The molecule has 2 unspecified atom stereocenters. The number of hydrogen-bond donors (Lipinski definition) is 0. The molecular weight excluding hydrogens is 310 g/mol. The van der Waals surface area contributed by atoms with E-state index in [0.29, 0.717) is 23.5 Å². The summed E-state index contributed by atoms with van der Waals surface area (Å²) in [6.07, 6.45) is 4.59. The lowest BCUT2D eigenvalue weighted by Crippen LogP contribution is -2.47. The summed E-state index contributed by atoms with van der Waals surface area (Å²) in [5, 5.41) is 6.02. The third-order valence-corrected chi connectivity index (χ3v) is 5.96. The number of amides is 1. The van der Waals surface area contributed by atoms with Crippen molar-refractivity contribution in [3.8, 4) is 10.6 Å². The third-order valence-electron chi connectivity index (χ3n) is 5.07. The van der Waals surface area contributed by atoms with E-state index in [0.717, 1.165) is 30.8 Å². The summed E-state index contributed by atoms with van der Waals surface area (Å²) >= 11 is 1.59. The van der Waals surface area contributed by atoms with Crippen LogP contribution in [0.2, 0.25) is 0 Å². The number of likely N-dealkylation sites (N-methyl/N-ethyl adjacent to an activating group) is 1. The smallest absolute Gasteiger partial charge is 0.276 e. The normalized spacial score (nSPS) is 25.3. The van der Waals surface area contributed by atoms with Crippen LogP contribution in [-0.4, -0.2) is 53.1 Å². The van der Waals surface area contributed by atoms with Gasteiger partial charge in [-0.2, -0.15) is 0 Å². The molecule has 0 N–H and O–H groups in total. The minimum Gasteiger partial charge on any atom is -0.355 e. The highest BCUT2D eigenvalue weighted by molar-refractivity contribution is 7.13. The Labute approximate surface area is 139 Å². The van der Waals surface area contributed by atoms with Gasteiger partial charge in [-0.15, -0.1) is 11.3 Å². The van der Waals surface area contributed by atoms with Crippen LogP contribution in [0, 0.1) is 0 Å². The zero-order chi connectivity index (χ0) is 15.8. The average Bonchev–Trinajstić information content (AvgIpc) is 3.31. The summed E-state index contributed by atoms with van der Waals surface area (Å²) in [7, 11) is 2.17. The summed E-state index contributed by atoms with van der Waals surface area (Å²) in [5.41, 5.74) is 0.431. The largest absolute Gasteiger partial charge is 0.355 e. The maximum absolute atomic E-state index is 12.9. The summed E-state index contributed by atoms with van der Waals surface area (Å²) in [4.78, 5) is 18.3. The molecule has 5 nitrogen and oxygen atoms in total. The van der Waals surface area contributed by atoms with E-state index in [4.69, 9.17) is 4.52 Å². The fourth-order valence-corrected chi connectivity index (χ4v) is 4.60. The van der Waals surface area contributed by atoms with Crippen LogP contribution >= 0.6 is 11.3 Å². The molecule has 0 aliphatic carbocycles. The van der Waals surface area contributed by atoms with E-state index in [2.05, 4.69) is 17.1 Å². The average molecular weight is 331 g/mol. The molecule has 2 aromatic heterocycles. The number of thiophene rings is 1. The first-order valence-electron chi connectivity index (χ1n) is 8.26. The number of aromatic nitrogens is 1. The lowest BCUT2D eigenvalue weighted by Gasteiger charge is -2.32. The topological polar surface area (TPSA) is 49.6 Å². The van der Waals surface area contributed by atoms with Crippen molar-refractivity contribution in [2.24, 2.45) is 0 Å². The highest BCUT2D eigenvalue weighted by Gasteiger charge is 2.39. The van der Waals surface area contributed by atoms with E-state index < -0.39 is 0 Å². The molecular formula is C17H21N3O2S.